The van der Waals surface area contributed by atoms with Crippen molar-refractivity contribution in [2.24, 2.45) is 0 Å². The maximum absolute atomic E-state index is 12.1. The van der Waals surface area contributed by atoms with Crippen molar-refractivity contribution in [3.05, 3.63) is 0 Å². The summed E-state index contributed by atoms with van der Waals surface area (Å²) >= 11 is 0. The molecule has 0 aromatic heterocycles. The molecule has 0 fully saturated rings. The lowest BCUT2D eigenvalue weighted by Crippen LogP contribution is -2.36. The molecule has 0 saturated carbocycles. The maximum Gasteiger partial charge on any atom is 0.218 e. The molecule has 0 aliphatic heterocycles. The molecule has 0 rings (SSSR count). The fraction of sp³-hybridized carbons (Fsp3) is 1.00. The molecule has 0 aromatic carbocycles. The second-order valence-corrected chi connectivity index (χ2v) is 7.08. The van der Waals surface area contributed by atoms with Crippen LogP contribution in [0, 0.1) is 0 Å². The quantitative estimate of drug-likeness (QED) is 0.560. The Kier molecular flexibility index (Phi) is 3.36. The summed E-state index contributed by atoms with van der Waals surface area (Å²) < 4.78 is 17.4. The lowest BCUT2D eigenvalue weighted by molar-refractivity contribution is 0.224. The van der Waals surface area contributed by atoms with Gasteiger partial charge in [0.2, 0.25) is 8.32 Å². The Bertz CT molecular complexity index is 83.1. The molecule has 0 spiro atoms. The summed E-state index contributed by atoms with van der Waals surface area (Å²) in [4.78, 5) is 0. The van der Waals surface area contributed by atoms with E-state index in [1.54, 1.807) is 0 Å². The summed E-state index contributed by atoms with van der Waals surface area (Å²) in [6.07, 6.45) is -0.118. The molecule has 0 aliphatic rings. The van der Waals surface area contributed by atoms with Gasteiger partial charge in [-0.05, 0) is 26.9 Å². The van der Waals surface area contributed by atoms with Crippen LogP contribution in [0.5, 0.6) is 0 Å². The third-order valence-electron chi connectivity index (χ3n) is 0.877. The van der Waals surface area contributed by atoms with Crippen LogP contribution in [0.4, 0.5) is 4.39 Å². The van der Waals surface area contributed by atoms with E-state index in [0.29, 0.717) is 0 Å². The summed E-state index contributed by atoms with van der Waals surface area (Å²) in [6.45, 7) is 7.63. The number of alkyl halides is 1. The third kappa shape index (κ3) is 4.60. The highest BCUT2D eigenvalue weighted by molar-refractivity contribution is 6.71. The highest BCUT2D eigenvalue weighted by Gasteiger charge is 2.23. The van der Waals surface area contributed by atoms with Crippen molar-refractivity contribution in [3.8, 4) is 0 Å². The Morgan fingerprint density at radius 2 is 1.89 bits per heavy atom. The molecule has 0 bridgehead atoms. The van der Waals surface area contributed by atoms with E-state index in [0.717, 1.165) is 0 Å². The lowest BCUT2D eigenvalue weighted by atomic mass is 10.5. The van der Waals surface area contributed by atoms with Crippen LogP contribution >= 0.6 is 0 Å². The lowest BCUT2D eigenvalue weighted by Gasteiger charge is -2.21. The summed E-state index contributed by atoms with van der Waals surface area (Å²) in [5, 5.41) is 0. The Hall–Kier alpha value is 0.107. The standard InChI is InChI=1S/C6H15FOSi/c1-6(2)8-9(3,4)5-7/h6H,5H2,1-4H3. The average Bonchev–Trinajstić information content (AvgIpc) is 1.63. The van der Waals surface area contributed by atoms with Crippen LogP contribution in [0.2, 0.25) is 13.1 Å². The van der Waals surface area contributed by atoms with Crippen LogP contribution < -0.4 is 0 Å². The minimum Gasteiger partial charge on any atom is -0.412 e. The first-order valence-corrected chi connectivity index (χ1v) is 6.33. The van der Waals surface area contributed by atoms with Crippen LogP contribution in [0.15, 0.2) is 0 Å². The zero-order valence-corrected chi connectivity index (χ0v) is 7.57. The highest BCUT2D eigenvalue weighted by atomic mass is 28.4. The monoisotopic (exact) mass is 150 g/mol. The van der Waals surface area contributed by atoms with Crippen molar-refractivity contribution in [1.82, 2.24) is 0 Å². The van der Waals surface area contributed by atoms with Crippen LogP contribution in [0.3, 0.4) is 0 Å². The molecule has 0 aliphatic carbocycles. The van der Waals surface area contributed by atoms with E-state index in [1.165, 1.54) is 0 Å². The van der Waals surface area contributed by atoms with E-state index in [9.17, 15) is 4.39 Å². The number of rotatable bonds is 3. The largest absolute Gasteiger partial charge is 0.412 e. The molecule has 0 atom stereocenters. The van der Waals surface area contributed by atoms with Crippen LogP contribution in [0.25, 0.3) is 0 Å². The summed E-state index contributed by atoms with van der Waals surface area (Å²) in [7, 11) is -1.91. The van der Waals surface area contributed by atoms with E-state index in [-0.39, 0.29) is 12.4 Å². The van der Waals surface area contributed by atoms with E-state index in [4.69, 9.17) is 4.43 Å². The molecule has 3 heteroatoms. The minimum atomic E-state index is -1.91. The van der Waals surface area contributed by atoms with Crippen molar-refractivity contribution in [1.29, 1.82) is 0 Å². The second kappa shape index (κ2) is 3.32. The zero-order valence-electron chi connectivity index (χ0n) is 6.57. The molecule has 56 valence electrons. The number of hydrogen-bond acceptors (Lipinski definition) is 1. The van der Waals surface area contributed by atoms with Crippen LogP contribution in [-0.4, -0.2) is 20.7 Å². The topological polar surface area (TPSA) is 9.23 Å². The fourth-order valence-electron chi connectivity index (χ4n) is 0.670. The first-order chi connectivity index (χ1) is 3.98. The SMILES string of the molecule is CC(C)O[Si](C)(C)CF. The molecule has 1 nitrogen and oxygen atoms in total. The number of hydrogen-bond donors (Lipinski definition) is 0. The van der Waals surface area contributed by atoms with E-state index in [1.807, 2.05) is 26.9 Å². The van der Waals surface area contributed by atoms with Gasteiger partial charge in [0, 0.05) is 6.10 Å². The molecule has 0 unspecified atom stereocenters. The highest BCUT2D eigenvalue weighted by Crippen LogP contribution is 2.07. The van der Waals surface area contributed by atoms with Gasteiger partial charge in [-0.3, -0.25) is 4.39 Å². The van der Waals surface area contributed by atoms with Gasteiger partial charge in [0.15, 0.2) is 0 Å². The van der Waals surface area contributed by atoms with Gasteiger partial charge in [-0.2, -0.15) is 0 Å². The van der Waals surface area contributed by atoms with Gasteiger partial charge in [-0.15, -0.1) is 0 Å². The molecule has 0 amide bonds. The van der Waals surface area contributed by atoms with Gasteiger partial charge in [0.1, 0.15) is 6.30 Å². The van der Waals surface area contributed by atoms with Gasteiger partial charge in [-0.1, -0.05) is 0 Å². The van der Waals surface area contributed by atoms with Gasteiger partial charge in [0.25, 0.3) is 0 Å². The summed E-state index contributed by atoms with van der Waals surface area (Å²) in [5.41, 5.74) is 0. The molecule has 0 N–H and O–H groups in total. The molecular weight excluding hydrogens is 135 g/mol. The zero-order chi connectivity index (χ0) is 7.49. The van der Waals surface area contributed by atoms with Crippen molar-refractivity contribution < 1.29 is 8.82 Å². The van der Waals surface area contributed by atoms with E-state index >= 15 is 0 Å². The molecule has 0 heterocycles. The first-order valence-electron chi connectivity index (χ1n) is 3.22. The van der Waals surface area contributed by atoms with Gasteiger partial charge in [0.05, 0.1) is 0 Å². The Morgan fingerprint density at radius 1 is 1.44 bits per heavy atom. The Balaban J connectivity index is 3.58. The van der Waals surface area contributed by atoms with E-state index < -0.39 is 8.32 Å². The summed E-state index contributed by atoms with van der Waals surface area (Å²) in [6, 6.07) is 0. The van der Waals surface area contributed by atoms with E-state index in [2.05, 4.69) is 0 Å². The second-order valence-electron chi connectivity index (χ2n) is 3.06. The molecule has 0 aromatic rings. The van der Waals surface area contributed by atoms with Gasteiger partial charge >= 0.3 is 0 Å². The predicted octanol–water partition coefficient (Wildman–Crippen LogP) is 2.13. The average molecular weight is 150 g/mol. The Labute approximate surface area is 57.3 Å². The smallest absolute Gasteiger partial charge is 0.218 e. The third-order valence-corrected chi connectivity index (χ3v) is 2.63. The minimum absolute atomic E-state index is 0.169. The number of halogens is 1. The van der Waals surface area contributed by atoms with Crippen molar-refractivity contribution >= 4 is 8.32 Å². The Morgan fingerprint density at radius 3 is 2.00 bits per heavy atom. The van der Waals surface area contributed by atoms with Crippen LogP contribution in [-0.2, 0) is 4.43 Å². The predicted molar refractivity (Wildman–Crippen MR) is 39.7 cm³/mol. The maximum atomic E-state index is 12.1. The van der Waals surface area contributed by atoms with Gasteiger partial charge in [-0.25, -0.2) is 0 Å². The van der Waals surface area contributed by atoms with Crippen molar-refractivity contribution in [2.45, 2.75) is 33.0 Å². The fourth-order valence-corrected chi connectivity index (χ4v) is 2.01. The summed E-state index contributed by atoms with van der Waals surface area (Å²) in [5.74, 6) is 0. The molecular formula is C6H15FOSi. The molecule has 0 radical (unpaired) electrons. The van der Waals surface area contributed by atoms with Crippen LogP contribution in [0.1, 0.15) is 13.8 Å². The van der Waals surface area contributed by atoms with Crippen molar-refractivity contribution in [2.75, 3.05) is 6.30 Å². The molecule has 9 heavy (non-hydrogen) atoms. The molecule has 0 saturated heterocycles. The van der Waals surface area contributed by atoms with Crippen molar-refractivity contribution in [3.63, 3.8) is 0 Å². The normalized spacial score (nSPS) is 12.7. The first kappa shape index (κ1) is 9.11. The van der Waals surface area contributed by atoms with Gasteiger partial charge < -0.3 is 4.43 Å².